The number of rotatable bonds is 6. The molecule has 1 aliphatic rings. The first-order valence-corrected chi connectivity index (χ1v) is 6.55. The van der Waals surface area contributed by atoms with Crippen LogP contribution in [0.25, 0.3) is 0 Å². The second kappa shape index (κ2) is 6.01. The molecule has 1 saturated carbocycles. The lowest BCUT2D eigenvalue weighted by molar-refractivity contribution is 0.216. The van der Waals surface area contributed by atoms with Crippen LogP contribution in [0.4, 0.5) is 0 Å². The maximum absolute atomic E-state index is 9.16. The lowest BCUT2D eigenvalue weighted by Crippen LogP contribution is -2.14. The van der Waals surface area contributed by atoms with Gasteiger partial charge in [0, 0.05) is 11.8 Å². The normalized spacial score (nSPS) is 15.6. The van der Waals surface area contributed by atoms with Crippen LogP contribution in [-0.2, 0) is 13.0 Å². The quantitative estimate of drug-likeness (QED) is 0.824. The van der Waals surface area contributed by atoms with Crippen molar-refractivity contribution in [2.24, 2.45) is 5.92 Å². The molecule has 0 aliphatic heterocycles. The Morgan fingerprint density at radius 1 is 1.41 bits per heavy atom. The summed E-state index contributed by atoms with van der Waals surface area (Å²) in [5.41, 5.74) is 1.87. The molecule has 0 radical (unpaired) electrons. The Kier molecular flexibility index (Phi) is 4.37. The summed E-state index contributed by atoms with van der Waals surface area (Å²) in [5, 5.41) is 9.16. The number of nitrogens with zero attached hydrogens (tertiary/aromatic N) is 1. The van der Waals surface area contributed by atoms with Crippen molar-refractivity contribution >= 4 is 0 Å². The van der Waals surface area contributed by atoms with Crippen molar-refractivity contribution in [3.63, 3.8) is 0 Å². The third-order valence-electron chi connectivity index (χ3n) is 3.46. The number of hydrogen-bond acceptors (Lipinski definition) is 3. The molecule has 0 aromatic carbocycles. The van der Waals surface area contributed by atoms with Crippen LogP contribution in [0, 0.1) is 5.92 Å². The Morgan fingerprint density at radius 2 is 2.24 bits per heavy atom. The van der Waals surface area contributed by atoms with Crippen molar-refractivity contribution in [3.05, 3.63) is 23.4 Å². The monoisotopic (exact) mass is 235 g/mol. The van der Waals surface area contributed by atoms with E-state index in [1.807, 2.05) is 12.1 Å². The molecular weight excluding hydrogens is 214 g/mol. The summed E-state index contributed by atoms with van der Waals surface area (Å²) in [5.74, 6) is 1.52. The SMILES string of the molecule is CCc1cc(CO)cc(OCCC2CCC2)n1. The number of aryl methyl sites for hydroxylation is 1. The van der Waals surface area contributed by atoms with Crippen molar-refractivity contribution in [1.82, 2.24) is 4.98 Å². The highest BCUT2D eigenvalue weighted by molar-refractivity contribution is 5.24. The minimum Gasteiger partial charge on any atom is -0.478 e. The van der Waals surface area contributed by atoms with E-state index in [2.05, 4.69) is 11.9 Å². The number of ether oxygens (including phenoxy) is 1. The fourth-order valence-corrected chi connectivity index (χ4v) is 2.08. The van der Waals surface area contributed by atoms with Crippen LogP contribution in [0.1, 0.15) is 43.9 Å². The third-order valence-corrected chi connectivity index (χ3v) is 3.46. The molecule has 1 aromatic rings. The van der Waals surface area contributed by atoms with Crippen molar-refractivity contribution in [3.8, 4) is 5.88 Å². The maximum Gasteiger partial charge on any atom is 0.213 e. The number of hydrogen-bond donors (Lipinski definition) is 1. The van der Waals surface area contributed by atoms with Gasteiger partial charge in [-0.25, -0.2) is 4.98 Å². The molecular formula is C14H21NO2. The van der Waals surface area contributed by atoms with Gasteiger partial charge < -0.3 is 9.84 Å². The second-order valence-electron chi connectivity index (χ2n) is 4.75. The van der Waals surface area contributed by atoms with Crippen molar-refractivity contribution < 1.29 is 9.84 Å². The summed E-state index contributed by atoms with van der Waals surface area (Å²) in [6.07, 6.45) is 6.09. The average Bonchev–Trinajstić information content (AvgIpc) is 2.31. The van der Waals surface area contributed by atoms with Crippen molar-refractivity contribution in [2.75, 3.05) is 6.61 Å². The van der Waals surface area contributed by atoms with Crippen LogP contribution in [0.5, 0.6) is 5.88 Å². The topological polar surface area (TPSA) is 42.4 Å². The lowest BCUT2D eigenvalue weighted by atomic mass is 9.83. The van der Waals surface area contributed by atoms with Crippen molar-refractivity contribution in [2.45, 2.75) is 45.6 Å². The zero-order valence-electron chi connectivity index (χ0n) is 10.5. The molecule has 3 nitrogen and oxygen atoms in total. The summed E-state index contributed by atoms with van der Waals surface area (Å²) < 4.78 is 5.68. The summed E-state index contributed by atoms with van der Waals surface area (Å²) >= 11 is 0. The minimum atomic E-state index is 0.0501. The highest BCUT2D eigenvalue weighted by Crippen LogP contribution is 2.29. The Balaban J connectivity index is 1.89. The van der Waals surface area contributed by atoms with E-state index in [1.54, 1.807) is 0 Å². The molecule has 3 heteroatoms. The standard InChI is InChI=1S/C14H21NO2/c1-2-13-8-12(10-16)9-14(15-13)17-7-6-11-4-3-5-11/h8-9,11,16H,2-7,10H2,1H3. The summed E-state index contributed by atoms with van der Waals surface area (Å²) in [6, 6.07) is 3.76. The molecule has 1 N–H and O–H groups in total. The Morgan fingerprint density at radius 3 is 2.82 bits per heavy atom. The van der Waals surface area contributed by atoms with Gasteiger partial charge in [0.2, 0.25) is 5.88 Å². The van der Waals surface area contributed by atoms with E-state index in [-0.39, 0.29) is 6.61 Å². The van der Waals surface area contributed by atoms with Crippen LogP contribution in [0.3, 0.4) is 0 Å². The smallest absolute Gasteiger partial charge is 0.213 e. The van der Waals surface area contributed by atoms with E-state index in [4.69, 9.17) is 9.84 Å². The van der Waals surface area contributed by atoms with Gasteiger partial charge in [0.25, 0.3) is 0 Å². The van der Waals surface area contributed by atoms with Gasteiger partial charge in [0.1, 0.15) is 0 Å². The molecule has 1 aliphatic carbocycles. The van der Waals surface area contributed by atoms with Gasteiger partial charge in [-0.15, -0.1) is 0 Å². The van der Waals surface area contributed by atoms with E-state index >= 15 is 0 Å². The molecule has 94 valence electrons. The zero-order chi connectivity index (χ0) is 12.1. The van der Waals surface area contributed by atoms with E-state index in [9.17, 15) is 0 Å². The van der Waals surface area contributed by atoms with Gasteiger partial charge in [-0.1, -0.05) is 26.2 Å². The molecule has 0 saturated heterocycles. The maximum atomic E-state index is 9.16. The first kappa shape index (κ1) is 12.4. The van der Waals surface area contributed by atoms with E-state index in [0.717, 1.165) is 36.6 Å². The Hall–Kier alpha value is -1.09. The predicted octanol–water partition coefficient (Wildman–Crippen LogP) is 2.71. The summed E-state index contributed by atoms with van der Waals surface area (Å²) in [4.78, 5) is 4.41. The fourth-order valence-electron chi connectivity index (χ4n) is 2.08. The van der Waals surface area contributed by atoms with E-state index in [1.165, 1.54) is 19.3 Å². The molecule has 2 rings (SSSR count). The number of pyridine rings is 1. The first-order valence-electron chi connectivity index (χ1n) is 6.55. The van der Waals surface area contributed by atoms with Crippen LogP contribution < -0.4 is 4.74 Å². The molecule has 0 atom stereocenters. The molecule has 0 bridgehead atoms. The highest BCUT2D eigenvalue weighted by atomic mass is 16.5. The third kappa shape index (κ3) is 3.43. The number of aliphatic hydroxyl groups is 1. The van der Waals surface area contributed by atoms with Crippen molar-refractivity contribution in [1.29, 1.82) is 0 Å². The zero-order valence-corrected chi connectivity index (χ0v) is 10.5. The summed E-state index contributed by atoms with van der Waals surface area (Å²) in [7, 11) is 0. The molecule has 0 amide bonds. The Labute approximate surface area is 103 Å². The molecule has 0 unspecified atom stereocenters. The first-order chi connectivity index (χ1) is 8.31. The minimum absolute atomic E-state index is 0.0501. The number of aromatic nitrogens is 1. The second-order valence-corrected chi connectivity index (χ2v) is 4.75. The van der Waals surface area contributed by atoms with Gasteiger partial charge in [-0.2, -0.15) is 0 Å². The Bertz CT molecular complexity index is 339. The molecule has 0 spiro atoms. The average molecular weight is 235 g/mol. The van der Waals surface area contributed by atoms with E-state index in [0.29, 0.717) is 5.88 Å². The van der Waals surface area contributed by atoms with Gasteiger partial charge in [-0.05, 0) is 30.4 Å². The van der Waals surface area contributed by atoms with Gasteiger partial charge in [0.05, 0.1) is 13.2 Å². The predicted molar refractivity (Wildman–Crippen MR) is 67.0 cm³/mol. The van der Waals surface area contributed by atoms with Crippen LogP contribution >= 0.6 is 0 Å². The summed E-state index contributed by atoms with van der Waals surface area (Å²) in [6.45, 7) is 2.85. The fraction of sp³-hybridized carbons (Fsp3) is 0.643. The van der Waals surface area contributed by atoms with Crippen LogP contribution in [0.15, 0.2) is 12.1 Å². The molecule has 1 aromatic heterocycles. The lowest BCUT2D eigenvalue weighted by Gasteiger charge is -2.24. The highest BCUT2D eigenvalue weighted by Gasteiger charge is 2.17. The van der Waals surface area contributed by atoms with E-state index < -0.39 is 0 Å². The van der Waals surface area contributed by atoms with Gasteiger partial charge in [0.15, 0.2) is 0 Å². The van der Waals surface area contributed by atoms with Gasteiger partial charge in [-0.3, -0.25) is 0 Å². The largest absolute Gasteiger partial charge is 0.478 e. The van der Waals surface area contributed by atoms with Gasteiger partial charge >= 0.3 is 0 Å². The number of aliphatic hydroxyl groups excluding tert-OH is 1. The molecule has 1 heterocycles. The van der Waals surface area contributed by atoms with Crippen LogP contribution in [-0.4, -0.2) is 16.7 Å². The molecule has 1 fully saturated rings. The molecule has 17 heavy (non-hydrogen) atoms. The van der Waals surface area contributed by atoms with Crippen LogP contribution in [0.2, 0.25) is 0 Å².